The smallest absolute Gasteiger partial charge is 0.407 e. The van der Waals surface area contributed by atoms with Crippen molar-refractivity contribution in [3.05, 3.63) is 0 Å². The van der Waals surface area contributed by atoms with Crippen molar-refractivity contribution >= 4 is 15.9 Å². The fourth-order valence-corrected chi connectivity index (χ4v) is 3.74. The zero-order valence-electron chi connectivity index (χ0n) is 13.7. The van der Waals surface area contributed by atoms with Gasteiger partial charge in [0.2, 0.25) is 0 Å². The number of sulfone groups is 1. The molecule has 1 saturated heterocycles. The van der Waals surface area contributed by atoms with Crippen molar-refractivity contribution in [2.45, 2.75) is 64.6 Å². The lowest BCUT2D eigenvalue weighted by atomic mass is 10.0. The van der Waals surface area contributed by atoms with Crippen LogP contribution in [0.1, 0.15) is 47.5 Å². The normalized spacial score (nSPS) is 20.0. The molecule has 7 heteroatoms. The molecule has 0 saturated carbocycles. The van der Waals surface area contributed by atoms with Gasteiger partial charge in [-0.25, -0.2) is 13.2 Å². The van der Waals surface area contributed by atoms with Gasteiger partial charge in [-0.15, -0.1) is 0 Å². The molecule has 0 atom stereocenters. The van der Waals surface area contributed by atoms with Crippen molar-refractivity contribution in [1.82, 2.24) is 10.6 Å². The summed E-state index contributed by atoms with van der Waals surface area (Å²) < 4.78 is 28.0. The van der Waals surface area contributed by atoms with Crippen LogP contribution in [0.25, 0.3) is 0 Å². The van der Waals surface area contributed by atoms with Crippen LogP contribution in [0, 0.1) is 0 Å². The molecular formula is C14H28N2O4S. The molecule has 0 aliphatic carbocycles. The minimum atomic E-state index is -2.85. The highest BCUT2D eigenvalue weighted by Crippen LogP contribution is 2.15. The van der Waals surface area contributed by atoms with Gasteiger partial charge >= 0.3 is 6.09 Å². The molecule has 1 rings (SSSR count). The van der Waals surface area contributed by atoms with Crippen LogP contribution in [0.2, 0.25) is 0 Å². The van der Waals surface area contributed by atoms with E-state index < -0.39 is 21.5 Å². The minimum Gasteiger partial charge on any atom is -0.444 e. The maximum Gasteiger partial charge on any atom is 0.407 e. The summed E-state index contributed by atoms with van der Waals surface area (Å²) in [5, 5.41) is 6.16. The minimum absolute atomic E-state index is 0.170. The second kappa shape index (κ2) is 6.52. The fourth-order valence-electron chi connectivity index (χ4n) is 2.25. The number of carbonyl (C=O) groups excluding carboxylic acids is 1. The average molecular weight is 320 g/mol. The van der Waals surface area contributed by atoms with E-state index in [0.29, 0.717) is 19.4 Å². The number of hydrogen-bond acceptors (Lipinski definition) is 5. The largest absolute Gasteiger partial charge is 0.444 e. The Morgan fingerprint density at radius 2 is 1.67 bits per heavy atom. The molecule has 0 aromatic rings. The van der Waals surface area contributed by atoms with Gasteiger partial charge in [-0.1, -0.05) is 0 Å². The van der Waals surface area contributed by atoms with Gasteiger partial charge in [0.1, 0.15) is 15.4 Å². The summed E-state index contributed by atoms with van der Waals surface area (Å²) in [5.41, 5.74) is -0.831. The predicted octanol–water partition coefficient (Wildman–Crippen LogP) is 1.46. The Kier molecular flexibility index (Phi) is 5.66. The molecule has 1 heterocycles. The van der Waals surface area contributed by atoms with E-state index >= 15 is 0 Å². The van der Waals surface area contributed by atoms with Crippen LogP contribution in [0.3, 0.4) is 0 Å². The average Bonchev–Trinajstić information content (AvgIpc) is 2.27. The number of alkyl carbamates (subject to hydrolysis) is 1. The Balaban J connectivity index is 2.38. The van der Waals surface area contributed by atoms with E-state index in [2.05, 4.69) is 10.6 Å². The van der Waals surface area contributed by atoms with Crippen LogP contribution in [-0.2, 0) is 14.6 Å². The lowest BCUT2D eigenvalue weighted by Gasteiger charge is -2.34. The summed E-state index contributed by atoms with van der Waals surface area (Å²) in [6.45, 7) is 9.83. The summed E-state index contributed by atoms with van der Waals surface area (Å²) in [5.74, 6) is 0.473. The van der Waals surface area contributed by atoms with E-state index in [1.54, 1.807) is 0 Å². The molecule has 0 unspecified atom stereocenters. The zero-order chi connectivity index (χ0) is 16.3. The van der Waals surface area contributed by atoms with E-state index in [4.69, 9.17) is 4.74 Å². The van der Waals surface area contributed by atoms with E-state index in [9.17, 15) is 13.2 Å². The van der Waals surface area contributed by atoms with Crippen molar-refractivity contribution < 1.29 is 17.9 Å². The Labute approximate surface area is 127 Å². The first-order valence-corrected chi connectivity index (χ1v) is 9.16. The van der Waals surface area contributed by atoms with Gasteiger partial charge in [0, 0.05) is 18.1 Å². The van der Waals surface area contributed by atoms with Gasteiger partial charge in [0.25, 0.3) is 0 Å². The molecule has 6 nitrogen and oxygen atoms in total. The Morgan fingerprint density at radius 3 is 2.14 bits per heavy atom. The van der Waals surface area contributed by atoms with Crippen LogP contribution >= 0.6 is 0 Å². The van der Waals surface area contributed by atoms with Crippen LogP contribution in [0.15, 0.2) is 0 Å². The highest BCUT2D eigenvalue weighted by molar-refractivity contribution is 7.91. The first kappa shape index (κ1) is 18.2. The molecule has 0 aromatic carbocycles. The monoisotopic (exact) mass is 320 g/mol. The van der Waals surface area contributed by atoms with Crippen molar-refractivity contribution in [2.24, 2.45) is 0 Å². The molecule has 1 fully saturated rings. The summed E-state index contributed by atoms with van der Waals surface area (Å²) in [4.78, 5) is 11.6. The molecule has 21 heavy (non-hydrogen) atoms. The lowest BCUT2D eigenvalue weighted by molar-refractivity contribution is 0.0511. The Bertz CT molecular complexity index is 452. The van der Waals surface area contributed by atoms with Crippen molar-refractivity contribution in [3.63, 3.8) is 0 Å². The first-order chi connectivity index (χ1) is 9.39. The molecule has 2 N–H and O–H groups in total. The van der Waals surface area contributed by atoms with Crippen molar-refractivity contribution in [1.29, 1.82) is 0 Å². The third kappa shape index (κ3) is 7.66. The number of carbonyl (C=O) groups is 1. The van der Waals surface area contributed by atoms with Crippen LogP contribution in [0.4, 0.5) is 4.79 Å². The standard InChI is InChI=1S/C14H28N2O4S/c1-13(2,3)20-12(17)15-10-14(4,5)16-11-6-8-21(18,19)9-7-11/h11,16H,6-10H2,1-5H3,(H,15,17). The molecule has 0 aromatic heterocycles. The third-order valence-electron chi connectivity index (χ3n) is 3.22. The molecular weight excluding hydrogens is 292 g/mol. The van der Waals surface area contributed by atoms with E-state index in [1.807, 2.05) is 34.6 Å². The molecule has 0 radical (unpaired) electrons. The lowest BCUT2D eigenvalue weighted by Crippen LogP contribution is -2.54. The summed E-state index contributed by atoms with van der Waals surface area (Å²) in [6, 6.07) is 0.170. The van der Waals surface area contributed by atoms with Crippen LogP contribution in [-0.4, -0.2) is 49.7 Å². The van der Waals surface area contributed by atoms with Crippen molar-refractivity contribution in [2.75, 3.05) is 18.1 Å². The summed E-state index contributed by atoms with van der Waals surface area (Å²) >= 11 is 0. The van der Waals surface area contributed by atoms with E-state index in [0.717, 1.165) is 0 Å². The maximum absolute atomic E-state index is 11.6. The second-order valence-electron chi connectivity index (χ2n) is 7.31. The molecule has 1 aliphatic heterocycles. The number of hydrogen-bond donors (Lipinski definition) is 2. The third-order valence-corrected chi connectivity index (χ3v) is 4.94. The predicted molar refractivity (Wildman–Crippen MR) is 83.1 cm³/mol. The van der Waals surface area contributed by atoms with Gasteiger partial charge in [0.05, 0.1) is 11.5 Å². The number of rotatable bonds is 4. The quantitative estimate of drug-likeness (QED) is 0.819. The Morgan fingerprint density at radius 1 is 1.14 bits per heavy atom. The van der Waals surface area contributed by atoms with Gasteiger partial charge in [0.15, 0.2) is 0 Å². The van der Waals surface area contributed by atoms with E-state index in [1.165, 1.54) is 0 Å². The summed E-state index contributed by atoms with van der Waals surface area (Å²) in [7, 11) is -2.85. The molecule has 0 bridgehead atoms. The number of amides is 1. The number of ether oxygens (including phenoxy) is 1. The molecule has 1 amide bonds. The SMILES string of the molecule is CC(C)(CNC(=O)OC(C)(C)C)NC1CCS(=O)(=O)CC1. The van der Waals surface area contributed by atoms with Crippen molar-refractivity contribution in [3.8, 4) is 0 Å². The van der Waals surface area contributed by atoms with Gasteiger partial charge in [-0.05, 0) is 47.5 Å². The van der Waals surface area contributed by atoms with Crippen LogP contribution in [0.5, 0.6) is 0 Å². The van der Waals surface area contributed by atoms with Gasteiger partial charge in [-0.3, -0.25) is 0 Å². The molecule has 1 aliphatic rings. The van der Waals surface area contributed by atoms with Crippen LogP contribution < -0.4 is 10.6 Å². The topological polar surface area (TPSA) is 84.5 Å². The summed E-state index contributed by atoms with van der Waals surface area (Å²) in [6.07, 6.45) is 0.805. The van der Waals surface area contributed by atoms with Gasteiger partial charge < -0.3 is 15.4 Å². The zero-order valence-corrected chi connectivity index (χ0v) is 14.5. The molecule has 0 spiro atoms. The molecule has 124 valence electrons. The second-order valence-corrected chi connectivity index (χ2v) is 9.61. The first-order valence-electron chi connectivity index (χ1n) is 7.34. The van der Waals surface area contributed by atoms with E-state index in [-0.39, 0.29) is 23.1 Å². The highest BCUT2D eigenvalue weighted by Gasteiger charge is 2.29. The Hall–Kier alpha value is -0.820. The fraction of sp³-hybridized carbons (Fsp3) is 0.929. The highest BCUT2D eigenvalue weighted by atomic mass is 32.2. The number of nitrogens with one attached hydrogen (secondary N) is 2. The van der Waals surface area contributed by atoms with Gasteiger partial charge in [-0.2, -0.15) is 0 Å². The maximum atomic E-state index is 11.6.